The molecule has 53 heavy (non-hydrogen) atoms. The van der Waals surface area contributed by atoms with E-state index in [9.17, 15) is 13.2 Å². The third-order valence-corrected chi connectivity index (χ3v) is 11.7. The minimum Gasteiger partial charge on any atom is -0.279 e. The van der Waals surface area contributed by atoms with Crippen molar-refractivity contribution in [3.05, 3.63) is 57.6 Å². The smallest absolute Gasteiger partial charge is 0.279 e. The van der Waals surface area contributed by atoms with Crippen LogP contribution in [0.1, 0.15) is 215 Å². The lowest BCUT2D eigenvalue weighted by molar-refractivity contribution is -0.0510. The lowest BCUT2D eigenvalue weighted by Crippen LogP contribution is -2.21. The number of unbranched alkanes of at least 4 members (excludes halogenated alkanes) is 20. The molecule has 3 rings (SSSR count). The van der Waals surface area contributed by atoms with Crippen LogP contribution in [-0.4, -0.2) is 18.5 Å². The number of alkyl halides is 3. The van der Waals surface area contributed by atoms with Crippen molar-refractivity contribution < 1.29 is 26.1 Å². The average molecular weight is 765 g/mol. The zero-order valence-corrected chi connectivity index (χ0v) is 34.9. The van der Waals surface area contributed by atoms with Crippen LogP contribution in [0.4, 0.5) is 13.2 Å². The summed E-state index contributed by atoms with van der Waals surface area (Å²) < 4.78 is 57.5. The molecule has 3 nitrogen and oxygen atoms in total. The van der Waals surface area contributed by atoms with Gasteiger partial charge in [0.1, 0.15) is 0 Å². The van der Waals surface area contributed by atoms with E-state index in [1.54, 1.807) is 27.8 Å². The Bertz CT molecular complexity index is 1380. The number of rotatable bonds is 28. The molecule has 304 valence electrons. The minimum atomic E-state index is -5.84. The molecule has 2 aromatic carbocycles. The summed E-state index contributed by atoms with van der Waals surface area (Å²) in [6.07, 6.45) is 40.0. The topological polar surface area (TPSA) is 54.4 Å². The molecular weight excluding hydrogens is 690 g/mol. The van der Waals surface area contributed by atoms with E-state index in [4.69, 9.17) is 13.0 Å². The van der Waals surface area contributed by atoms with E-state index in [1.807, 2.05) is 16.7 Å². The number of fused-ring (bicyclic) bond motifs is 3. The van der Waals surface area contributed by atoms with E-state index in [2.05, 4.69) is 52.0 Å². The molecule has 0 bridgehead atoms. The Morgan fingerprint density at radius 1 is 0.509 bits per heavy atom. The van der Waals surface area contributed by atoms with Gasteiger partial charge >= 0.3 is 15.6 Å². The Labute approximate surface area is 323 Å². The molecule has 0 fully saturated rings. The number of hydrogen-bond acceptors (Lipinski definition) is 2. The second-order valence-electron chi connectivity index (χ2n) is 15.6. The van der Waals surface area contributed by atoms with E-state index in [-0.39, 0.29) is 0 Å². The van der Waals surface area contributed by atoms with Crippen LogP contribution in [0, 0.1) is 0 Å². The van der Waals surface area contributed by atoms with Crippen LogP contribution >= 0.6 is 0 Å². The van der Waals surface area contributed by atoms with Gasteiger partial charge in [-0.2, -0.15) is 21.6 Å². The predicted octanol–water partition coefficient (Wildman–Crippen LogP) is 15.3. The van der Waals surface area contributed by atoms with Crippen molar-refractivity contribution in [1.82, 2.24) is 0 Å². The normalized spacial score (nSPS) is 12.5. The minimum absolute atomic E-state index is 1.18. The molecule has 0 heterocycles. The van der Waals surface area contributed by atoms with Crippen LogP contribution in [0.2, 0.25) is 0 Å². The summed E-state index contributed by atoms with van der Waals surface area (Å²) in [5.41, 5.74) is 8.43. The van der Waals surface area contributed by atoms with Crippen molar-refractivity contribution >= 4 is 10.1 Å². The van der Waals surface area contributed by atoms with Gasteiger partial charge in [0, 0.05) is 0 Å². The third kappa shape index (κ3) is 17.2. The molecule has 0 aromatic heterocycles. The van der Waals surface area contributed by atoms with Crippen molar-refractivity contribution in [2.75, 3.05) is 0 Å². The molecule has 0 unspecified atom stereocenters. The molecule has 1 aliphatic rings. The van der Waals surface area contributed by atoms with Crippen LogP contribution in [0.5, 0.6) is 0 Å². The van der Waals surface area contributed by atoms with E-state index < -0.39 is 15.6 Å². The highest BCUT2D eigenvalue weighted by Crippen LogP contribution is 2.46. The molecule has 2 aromatic rings. The van der Waals surface area contributed by atoms with Crippen LogP contribution in [0.25, 0.3) is 11.1 Å². The maximum absolute atomic E-state index is 10.7. The van der Waals surface area contributed by atoms with Gasteiger partial charge in [-0.3, -0.25) is 4.55 Å². The number of benzene rings is 2. The van der Waals surface area contributed by atoms with Gasteiger partial charge in [-0.25, -0.2) is 0 Å². The SMILES string of the molecule is CCCCCCCCc1c(CCCCCCCC)c(CCCCCCCC)c2c(c1CCCCCCCC)Cc1ccccc1-2.O=S(=O)(O)C(F)(F)F. The Morgan fingerprint density at radius 2 is 0.830 bits per heavy atom. The highest BCUT2D eigenvalue weighted by molar-refractivity contribution is 7.86. The van der Waals surface area contributed by atoms with Gasteiger partial charge in [0.25, 0.3) is 0 Å². The monoisotopic (exact) mass is 765 g/mol. The van der Waals surface area contributed by atoms with Crippen molar-refractivity contribution in [2.45, 2.75) is 219 Å². The third-order valence-electron chi connectivity index (χ3n) is 11.1. The Hall–Kier alpha value is -1.86. The summed E-state index contributed by atoms with van der Waals surface area (Å²) in [5.74, 6) is 0. The van der Waals surface area contributed by atoms with Gasteiger partial charge < -0.3 is 0 Å². The molecule has 0 radical (unpaired) electrons. The first-order chi connectivity index (χ1) is 25.5. The summed E-state index contributed by atoms with van der Waals surface area (Å²) in [6.45, 7) is 9.37. The highest BCUT2D eigenvalue weighted by atomic mass is 32.2. The largest absolute Gasteiger partial charge is 0.522 e. The van der Waals surface area contributed by atoms with Crippen molar-refractivity contribution in [1.29, 1.82) is 0 Å². The van der Waals surface area contributed by atoms with Gasteiger partial charge in [-0.05, 0) is 102 Å². The molecule has 0 atom stereocenters. The van der Waals surface area contributed by atoms with Gasteiger partial charge in [-0.1, -0.05) is 180 Å². The van der Waals surface area contributed by atoms with Crippen LogP contribution < -0.4 is 0 Å². The average Bonchev–Trinajstić information content (AvgIpc) is 3.51. The predicted molar refractivity (Wildman–Crippen MR) is 221 cm³/mol. The first-order valence-corrected chi connectivity index (χ1v) is 23.3. The molecule has 7 heteroatoms. The molecule has 0 amide bonds. The van der Waals surface area contributed by atoms with Gasteiger partial charge in [0.05, 0.1) is 0 Å². The van der Waals surface area contributed by atoms with Gasteiger partial charge in [0.2, 0.25) is 0 Å². The fourth-order valence-corrected chi connectivity index (χ4v) is 8.17. The Morgan fingerprint density at radius 3 is 1.23 bits per heavy atom. The van der Waals surface area contributed by atoms with E-state index in [1.165, 1.54) is 186 Å². The summed E-state index contributed by atoms with van der Waals surface area (Å²) in [7, 11) is -5.84. The fourth-order valence-electron chi connectivity index (χ4n) is 8.17. The first kappa shape index (κ1) is 47.3. The van der Waals surface area contributed by atoms with Gasteiger partial charge in [0.15, 0.2) is 0 Å². The maximum atomic E-state index is 10.7. The van der Waals surface area contributed by atoms with E-state index in [0.29, 0.717) is 0 Å². The zero-order valence-electron chi connectivity index (χ0n) is 34.1. The Balaban J connectivity index is 0.00000109. The number of hydrogen-bond donors (Lipinski definition) is 1. The molecule has 0 spiro atoms. The first-order valence-electron chi connectivity index (χ1n) is 21.8. The molecule has 1 N–H and O–H groups in total. The van der Waals surface area contributed by atoms with E-state index >= 15 is 0 Å². The highest BCUT2D eigenvalue weighted by Gasteiger charge is 2.44. The fraction of sp³-hybridized carbons (Fsp3) is 0.739. The van der Waals surface area contributed by atoms with Crippen molar-refractivity contribution in [2.24, 2.45) is 0 Å². The zero-order chi connectivity index (χ0) is 39.0. The van der Waals surface area contributed by atoms with Crippen molar-refractivity contribution in [3.63, 3.8) is 0 Å². The lowest BCUT2D eigenvalue weighted by Gasteiger charge is -2.25. The molecule has 1 aliphatic carbocycles. The second-order valence-corrected chi connectivity index (χ2v) is 17.0. The summed E-state index contributed by atoms with van der Waals surface area (Å²) in [6, 6.07) is 9.52. The summed E-state index contributed by atoms with van der Waals surface area (Å²) in [5, 5.41) is 0. The van der Waals surface area contributed by atoms with Gasteiger partial charge in [-0.15, -0.1) is 0 Å². The lowest BCUT2D eigenvalue weighted by atomic mass is 9.79. The Kier molecular flexibility index (Phi) is 24.0. The molecule has 0 saturated carbocycles. The molecule has 0 saturated heterocycles. The molecule has 0 aliphatic heterocycles. The quantitative estimate of drug-likeness (QED) is 0.0455. The van der Waals surface area contributed by atoms with Crippen molar-refractivity contribution in [3.8, 4) is 11.1 Å². The molecular formula is C46H75F3O3S. The van der Waals surface area contributed by atoms with Crippen LogP contribution in [0.3, 0.4) is 0 Å². The summed E-state index contributed by atoms with van der Waals surface area (Å²) in [4.78, 5) is 0. The van der Waals surface area contributed by atoms with Crippen LogP contribution in [0.15, 0.2) is 24.3 Å². The summed E-state index contributed by atoms with van der Waals surface area (Å²) >= 11 is 0. The number of halogens is 3. The van der Waals surface area contributed by atoms with Crippen LogP contribution in [-0.2, 0) is 42.2 Å². The standard InChI is InChI=1S/C45H74.CHF3O3S/c1-5-9-13-17-21-25-33-40-41(34-26-22-18-14-10-6-2)43(36-28-24-20-16-12-8-4)45-39-32-30-29-31-38(39)37-44(45)42(40)35-27-23-19-15-11-7-3;2-1(3,4)8(5,6)7/h29-32H,5-28,33-37H2,1-4H3;(H,5,6,7). The maximum Gasteiger partial charge on any atom is 0.522 e. The van der Waals surface area contributed by atoms with E-state index in [0.717, 1.165) is 0 Å². The second kappa shape index (κ2) is 26.9.